The fourth-order valence-electron chi connectivity index (χ4n) is 2.32. The molecule has 1 fully saturated rings. The van der Waals surface area contributed by atoms with Crippen molar-refractivity contribution in [2.45, 2.75) is 25.8 Å². The van der Waals surface area contributed by atoms with Gasteiger partial charge in [0.2, 0.25) is 10.0 Å². The van der Waals surface area contributed by atoms with E-state index in [4.69, 9.17) is 5.73 Å². The van der Waals surface area contributed by atoms with Crippen LogP contribution >= 0.6 is 0 Å². The Balaban J connectivity index is 1.92. The second-order valence-electron chi connectivity index (χ2n) is 4.99. The van der Waals surface area contributed by atoms with Crippen molar-refractivity contribution in [2.24, 2.45) is 0 Å². The molecular weight excluding hydrogens is 292 g/mol. The zero-order valence-electron chi connectivity index (χ0n) is 11.9. The highest BCUT2D eigenvalue weighted by atomic mass is 32.2. The first-order valence-electron chi connectivity index (χ1n) is 6.93. The molecule has 0 radical (unpaired) electrons. The second kappa shape index (κ2) is 6.40. The number of amides is 1. The maximum Gasteiger partial charge on any atom is 0.272 e. The molecule has 1 aromatic heterocycles. The lowest BCUT2D eigenvalue weighted by Crippen LogP contribution is -2.47. The topological polar surface area (TPSA) is 105 Å². The number of carbonyl (C=O) groups is 1. The van der Waals surface area contributed by atoms with Gasteiger partial charge in [-0.3, -0.25) is 4.79 Å². The van der Waals surface area contributed by atoms with E-state index in [1.807, 2.05) is 0 Å². The van der Waals surface area contributed by atoms with Crippen LogP contribution in [0.1, 0.15) is 30.3 Å². The third-order valence-corrected chi connectivity index (χ3v) is 5.48. The summed E-state index contributed by atoms with van der Waals surface area (Å²) in [5.74, 6) is -0.209. The zero-order chi connectivity index (χ0) is 15.5. The highest BCUT2D eigenvalue weighted by molar-refractivity contribution is 7.89. The van der Waals surface area contributed by atoms with Gasteiger partial charge in [-0.25, -0.2) is 17.7 Å². The van der Waals surface area contributed by atoms with Crippen LogP contribution in [0.5, 0.6) is 0 Å². The van der Waals surface area contributed by atoms with Gasteiger partial charge >= 0.3 is 0 Å². The van der Waals surface area contributed by atoms with Gasteiger partial charge in [0, 0.05) is 25.3 Å². The van der Waals surface area contributed by atoms with Crippen LogP contribution in [0.25, 0.3) is 0 Å². The van der Waals surface area contributed by atoms with Gasteiger partial charge in [-0.15, -0.1) is 0 Å². The maximum atomic E-state index is 12.1. The molecule has 0 saturated carbocycles. The number of nitrogen functional groups attached to an aromatic ring is 1. The van der Waals surface area contributed by atoms with Crippen LogP contribution in [0.4, 0.5) is 5.69 Å². The van der Waals surface area contributed by atoms with E-state index in [9.17, 15) is 13.2 Å². The van der Waals surface area contributed by atoms with Crippen molar-refractivity contribution in [3.8, 4) is 0 Å². The third kappa shape index (κ3) is 3.70. The van der Waals surface area contributed by atoms with Crippen LogP contribution in [0.2, 0.25) is 0 Å². The van der Waals surface area contributed by atoms with Gasteiger partial charge in [0.1, 0.15) is 0 Å². The largest absolute Gasteiger partial charge is 0.397 e. The molecule has 1 aliphatic heterocycles. The number of aromatic nitrogens is 1. The summed E-state index contributed by atoms with van der Waals surface area (Å²) in [4.78, 5) is 16.1. The van der Waals surface area contributed by atoms with Gasteiger partial charge in [0.05, 0.1) is 11.4 Å². The average Bonchev–Trinajstić information content (AvgIpc) is 2.48. The summed E-state index contributed by atoms with van der Waals surface area (Å²) in [5, 5.41) is 2.86. The van der Waals surface area contributed by atoms with Crippen molar-refractivity contribution in [3.05, 3.63) is 24.0 Å². The van der Waals surface area contributed by atoms with Crippen molar-refractivity contribution >= 4 is 21.6 Å². The van der Waals surface area contributed by atoms with Crippen molar-refractivity contribution in [1.29, 1.82) is 0 Å². The van der Waals surface area contributed by atoms with Gasteiger partial charge < -0.3 is 11.1 Å². The molecule has 1 amide bonds. The molecular formula is C13H20N4O3S. The number of nitrogens with two attached hydrogens (primary N) is 1. The van der Waals surface area contributed by atoms with Crippen molar-refractivity contribution in [1.82, 2.24) is 14.6 Å². The first-order chi connectivity index (χ1) is 9.94. The minimum Gasteiger partial charge on any atom is -0.397 e. The van der Waals surface area contributed by atoms with Gasteiger partial charge in [0.25, 0.3) is 5.91 Å². The van der Waals surface area contributed by atoms with E-state index in [2.05, 4.69) is 10.3 Å². The number of sulfonamides is 1. The van der Waals surface area contributed by atoms with Gasteiger partial charge in [0.15, 0.2) is 5.69 Å². The number of anilines is 1. The molecule has 0 unspecified atom stereocenters. The Morgan fingerprint density at radius 2 is 2.14 bits per heavy atom. The van der Waals surface area contributed by atoms with Crippen LogP contribution in [-0.4, -0.2) is 48.5 Å². The Bertz CT molecular complexity index is 610. The summed E-state index contributed by atoms with van der Waals surface area (Å²) in [6.07, 6.45) is 2.71. The van der Waals surface area contributed by atoms with E-state index >= 15 is 0 Å². The van der Waals surface area contributed by atoms with E-state index < -0.39 is 10.0 Å². The molecule has 2 heterocycles. The highest BCUT2D eigenvalue weighted by Gasteiger charge is 2.27. The van der Waals surface area contributed by atoms with E-state index in [0.717, 1.165) is 0 Å². The number of rotatable bonds is 4. The number of pyridine rings is 1. The molecule has 1 saturated heterocycles. The Kier molecular flexibility index (Phi) is 4.79. The molecule has 21 heavy (non-hydrogen) atoms. The lowest BCUT2D eigenvalue weighted by atomic mass is 10.1. The Labute approximate surface area is 124 Å². The van der Waals surface area contributed by atoms with Gasteiger partial charge in [-0.2, -0.15) is 0 Å². The molecule has 1 aromatic rings. The van der Waals surface area contributed by atoms with E-state index in [1.54, 1.807) is 19.1 Å². The van der Waals surface area contributed by atoms with Crippen LogP contribution in [0.3, 0.4) is 0 Å². The zero-order valence-corrected chi connectivity index (χ0v) is 12.8. The quantitative estimate of drug-likeness (QED) is 0.826. The smallest absolute Gasteiger partial charge is 0.272 e. The van der Waals surface area contributed by atoms with Gasteiger partial charge in [-0.05, 0) is 31.9 Å². The highest BCUT2D eigenvalue weighted by Crippen LogP contribution is 2.15. The van der Waals surface area contributed by atoms with Gasteiger partial charge in [-0.1, -0.05) is 0 Å². The number of hydrogen-bond acceptors (Lipinski definition) is 5. The van der Waals surface area contributed by atoms with E-state index in [-0.39, 0.29) is 23.4 Å². The molecule has 116 valence electrons. The first-order valence-corrected chi connectivity index (χ1v) is 8.54. The molecule has 7 nitrogen and oxygen atoms in total. The summed E-state index contributed by atoms with van der Waals surface area (Å²) in [6, 6.07) is 3.24. The minimum absolute atomic E-state index is 0.0535. The van der Waals surface area contributed by atoms with Crippen LogP contribution < -0.4 is 11.1 Å². The molecule has 0 spiro atoms. The normalized spacial score (nSPS) is 17.6. The lowest BCUT2D eigenvalue weighted by Gasteiger charge is -2.31. The average molecular weight is 312 g/mol. The Hall–Kier alpha value is -1.67. The maximum absolute atomic E-state index is 12.1. The fourth-order valence-corrected chi connectivity index (χ4v) is 3.45. The first kappa shape index (κ1) is 15.7. The minimum atomic E-state index is -3.14. The summed E-state index contributed by atoms with van der Waals surface area (Å²) >= 11 is 0. The number of nitrogens with zero attached hydrogens (tertiary/aromatic N) is 2. The lowest BCUT2D eigenvalue weighted by molar-refractivity contribution is 0.0920. The molecule has 0 aromatic carbocycles. The summed E-state index contributed by atoms with van der Waals surface area (Å²) in [5.41, 5.74) is 6.26. The van der Waals surface area contributed by atoms with Crippen LogP contribution in [-0.2, 0) is 10.0 Å². The Morgan fingerprint density at radius 3 is 2.71 bits per heavy atom. The fraction of sp³-hybridized carbons (Fsp3) is 0.538. The molecule has 0 aliphatic carbocycles. The molecule has 3 N–H and O–H groups in total. The number of carbonyl (C=O) groups excluding carboxylic acids is 1. The molecule has 1 aliphatic rings. The Morgan fingerprint density at radius 1 is 1.48 bits per heavy atom. The van der Waals surface area contributed by atoms with Crippen molar-refractivity contribution < 1.29 is 13.2 Å². The number of hydrogen-bond donors (Lipinski definition) is 2. The second-order valence-corrected chi connectivity index (χ2v) is 7.25. The number of nitrogens with one attached hydrogen (secondary N) is 1. The van der Waals surface area contributed by atoms with E-state index in [0.29, 0.717) is 31.6 Å². The summed E-state index contributed by atoms with van der Waals surface area (Å²) in [7, 11) is -3.14. The van der Waals surface area contributed by atoms with Crippen molar-refractivity contribution in [3.63, 3.8) is 0 Å². The molecule has 8 heteroatoms. The molecule has 0 atom stereocenters. The standard InChI is InChI=1S/C13H20N4O3S/c1-2-21(19,20)17-8-5-10(6-9-17)16-13(18)12-11(14)4-3-7-15-12/h3-4,7,10H,2,5-6,8-9,14H2,1H3,(H,16,18). The monoisotopic (exact) mass is 312 g/mol. The summed E-state index contributed by atoms with van der Waals surface area (Å²) in [6.45, 7) is 2.49. The predicted octanol–water partition coefficient (Wildman–Crippen LogP) is 0.208. The van der Waals surface area contributed by atoms with Crippen molar-refractivity contribution in [2.75, 3.05) is 24.6 Å². The third-order valence-electron chi connectivity index (χ3n) is 3.60. The molecule has 2 rings (SSSR count). The number of piperidine rings is 1. The SMILES string of the molecule is CCS(=O)(=O)N1CCC(NC(=O)c2ncccc2N)CC1. The molecule has 0 bridgehead atoms. The van der Waals surface area contributed by atoms with Crippen LogP contribution in [0, 0.1) is 0 Å². The predicted molar refractivity (Wildman–Crippen MR) is 80.2 cm³/mol. The summed E-state index contributed by atoms with van der Waals surface area (Å²) < 4.78 is 25.0. The van der Waals surface area contributed by atoms with Crippen LogP contribution in [0.15, 0.2) is 18.3 Å². The van der Waals surface area contributed by atoms with E-state index in [1.165, 1.54) is 10.5 Å².